The van der Waals surface area contributed by atoms with E-state index in [1.54, 1.807) is 12.1 Å². The number of rotatable bonds is 4. The van der Waals surface area contributed by atoms with Gasteiger partial charge in [-0.25, -0.2) is 0 Å². The summed E-state index contributed by atoms with van der Waals surface area (Å²) in [7, 11) is 0. The second kappa shape index (κ2) is 5.94. The molecule has 0 heterocycles. The van der Waals surface area contributed by atoms with Gasteiger partial charge in [-0.1, -0.05) is 59.6 Å². The van der Waals surface area contributed by atoms with E-state index in [-0.39, 0.29) is 17.4 Å². The number of carbonyl (C=O) groups excluding carboxylic acids is 1. The first-order valence-electron chi connectivity index (χ1n) is 7.34. The molecule has 3 rings (SSSR count). The Kier molecular flexibility index (Phi) is 4.16. The zero-order valence-electron chi connectivity index (χ0n) is 12.3. The fourth-order valence-electron chi connectivity index (χ4n) is 2.79. The summed E-state index contributed by atoms with van der Waals surface area (Å²) in [6, 6.07) is 15.1. The minimum atomic E-state index is -0.367. The molecule has 2 nitrogen and oxygen atoms in total. The van der Waals surface area contributed by atoms with Crippen LogP contribution in [0.4, 0.5) is 0 Å². The van der Waals surface area contributed by atoms with Crippen molar-refractivity contribution in [1.82, 2.24) is 5.32 Å². The number of halogens is 2. The van der Waals surface area contributed by atoms with E-state index in [1.165, 1.54) is 0 Å². The highest BCUT2D eigenvalue weighted by atomic mass is 35.5. The minimum Gasteiger partial charge on any atom is -0.349 e. The molecule has 0 bridgehead atoms. The van der Waals surface area contributed by atoms with Crippen molar-refractivity contribution >= 4 is 29.1 Å². The van der Waals surface area contributed by atoms with Gasteiger partial charge in [0.05, 0.1) is 11.5 Å². The molecular formula is C18H17Cl2NO. The largest absolute Gasteiger partial charge is 0.349 e. The van der Waals surface area contributed by atoms with E-state index in [4.69, 9.17) is 23.2 Å². The summed E-state index contributed by atoms with van der Waals surface area (Å²) < 4.78 is 0. The van der Waals surface area contributed by atoms with Crippen LogP contribution >= 0.6 is 23.2 Å². The average molecular weight is 334 g/mol. The summed E-state index contributed by atoms with van der Waals surface area (Å²) in [6.07, 6.45) is 1.79. The van der Waals surface area contributed by atoms with Crippen LogP contribution in [-0.2, 0) is 10.2 Å². The second-order valence-electron chi connectivity index (χ2n) is 5.81. The molecule has 2 aromatic carbocycles. The SMILES string of the molecule is CC(NC(=O)C1(c2ccccc2)CC1)c1ccc(Cl)cc1Cl. The van der Waals surface area contributed by atoms with Gasteiger partial charge in [-0.2, -0.15) is 0 Å². The lowest BCUT2D eigenvalue weighted by Gasteiger charge is -2.21. The summed E-state index contributed by atoms with van der Waals surface area (Å²) in [5.41, 5.74) is 1.60. The molecule has 1 amide bonds. The molecule has 1 fully saturated rings. The number of hydrogen-bond donors (Lipinski definition) is 1. The molecule has 114 valence electrons. The van der Waals surface area contributed by atoms with E-state index in [0.29, 0.717) is 10.0 Å². The van der Waals surface area contributed by atoms with E-state index in [9.17, 15) is 4.79 Å². The van der Waals surface area contributed by atoms with Crippen molar-refractivity contribution in [2.24, 2.45) is 0 Å². The molecule has 0 aromatic heterocycles. The first-order chi connectivity index (χ1) is 10.5. The monoisotopic (exact) mass is 333 g/mol. The fraction of sp³-hybridized carbons (Fsp3) is 0.278. The molecule has 1 N–H and O–H groups in total. The maximum Gasteiger partial charge on any atom is 0.231 e. The third-order valence-corrected chi connectivity index (χ3v) is 4.85. The molecule has 2 aromatic rings. The summed E-state index contributed by atoms with van der Waals surface area (Å²) >= 11 is 12.1. The van der Waals surface area contributed by atoms with Crippen LogP contribution < -0.4 is 5.32 Å². The molecule has 22 heavy (non-hydrogen) atoms. The predicted molar refractivity (Wildman–Crippen MR) is 90.4 cm³/mol. The lowest BCUT2D eigenvalue weighted by Crippen LogP contribution is -2.36. The lowest BCUT2D eigenvalue weighted by molar-refractivity contribution is -0.124. The number of benzene rings is 2. The van der Waals surface area contributed by atoms with Gasteiger partial charge in [-0.05, 0) is 43.0 Å². The van der Waals surface area contributed by atoms with Crippen LogP contribution in [-0.4, -0.2) is 5.91 Å². The minimum absolute atomic E-state index is 0.0669. The highest BCUT2D eigenvalue weighted by Gasteiger charge is 2.51. The van der Waals surface area contributed by atoms with Gasteiger partial charge in [0.1, 0.15) is 0 Å². The Hall–Kier alpha value is -1.51. The van der Waals surface area contributed by atoms with Crippen LogP contribution in [0.3, 0.4) is 0 Å². The van der Waals surface area contributed by atoms with E-state index in [2.05, 4.69) is 5.32 Å². The Morgan fingerprint density at radius 3 is 2.41 bits per heavy atom. The quantitative estimate of drug-likeness (QED) is 0.846. The normalized spacial score (nSPS) is 16.9. The zero-order chi connectivity index (χ0) is 15.7. The molecule has 4 heteroatoms. The standard InChI is InChI=1S/C18H17Cl2NO/c1-12(15-8-7-14(19)11-16(15)20)21-17(22)18(9-10-18)13-5-3-2-4-6-13/h2-8,11-12H,9-10H2,1H3,(H,21,22). The number of hydrogen-bond acceptors (Lipinski definition) is 1. The van der Waals surface area contributed by atoms with Crippen molar-refractivity contribution in [2.75, 3.05) is 0 Å². The Morgan fingerprint density at radius 2 is 1.82 bits per heavy atom. The third kappa shape index (κ3) is 2.86. The van der Waals surface area contributed by atoms with Crippen molar-refractivity contribution in [3.05, 3.63) is 69.7 Å². The lowest BCUT2D eigenvalue weighted by atomic mass is 9.94. The highest BCUT2D eigenvalue weighted by molar-refractivity contribution is 6.35. The van der Waals surface area contributed by atoms with Gasteiger partial charge in [0.25, 0.3) is 0 Å². The van der Waals surface area contributed by atoms with Crippen LogP contribution in [0.25, 0.3) is 0 Å². The topological polar surface area (TPSA) is 29.1 Å². The molecule has 1 aliphatic carbocycles. The zero-order valence-corrected chi connectivity index (χ0v) is 13.8. The van der Waals surface area contributed by atoms with Crippen molar-refractivity contribution < 1.29 is 4.79 Å². The maximum atomic E-state index is 12.7. The van der Waals surface area contributed by atoms with Crippen LogP contribution in [0.5, 0.6) is 0 Å². The molecule has 1 aliphatic rings. The van der Waals surface area contributed by atoms with Crippen molar-refractivity contribution in [3.63, 3.8) is 0 Å². The third-order valence-electron chi connectivity index (χ3n) is 4.29. The van der Waals surface area contributed by atoms with Gasteiger partial charge in [0.15, 0.2) is 0 Å². The average Bonchev–Trinajstić information content (AvgIpc) is 3.29. The van der Waals surface area contributed by atoms with E-state index >= 15 is 0 Å². The second-order valence-corrected chi connectivity index (χ2v) is 6.65. The molecule has 1 atom stereocenters. The Morgan fingerprint density at radius 1 is 1.14 bits per heavy atom. The van der Waals surface area contributed by atoms with Gasteiger partial charge >= 0.3 is 0 Å². The van der Waals surface area contributed by atoms with E-state index in [0.717, 1.165) is 24.0 Å². The number of amides is 1. The maximum absolute atomic E-state index is 12.7. The van der Waals surface area contributed by atoms with Crippen LogP contribution in [0.15, 0.2) is 48.5 Å². The van der Waals surface area contributed by atoms with Gasteiger partial charge in [-0.15, -0.1) is 0 Å². The first kappa shape index (κ1) is 15.4. The predicted octanol–water partition coefficient (Wildman–Crippen LogP) is 4.90. The molecule has 0 radical (unpaired) electrons. The molecule has 1 unspecified atom stereocenters. The summed E-state index contributed by atoms with van der Waals surface area (Å²) in [6.45, 7) is 1.94. The molecule has 0 saturated heterocycles. The Bertz CT molecular complexity index is 695. The molecule has 0 aliphatic heterocycles. The fourth-order valence-corrected chi connectivity index (χ4v) is 3.37. The van der Waals surface area contributed by atoms with Gasteiger partial charge in [0, 0.05) is 10.0 Å². The number of carbonyl (C=O) groups is 1. The molecule has 0 spiro atoms. The van der Waals surface area contributed by atoms with Crippen LogP contribution in [0, 0.1) is 0 Å². The molecule has 1 saturated carbocycles. The van der Waals surface area contributed by atoms with Crippen LogP contribution in [0.2, 0.25) is 10.0 Å². The van der Waals surface area contributed by atoms with Gasteiger partial charge < -0.3 is 5.32 Å². The summed E-state index contributed by atoms with van der Waals surface area (Å²) in [5, 5.41) is 4.26. The summed E-state index contributed by atoms with van der Waals surface area (Å²) in [5.74, 6) is 0.0669. The smallest absolute Gasteiger partial charge is 0.231 e. The van der Waals surface area contributed by atoms with Crippen molar-refractivity contribution in [2.45, 2.75) is 31.2 Å². The van der Waals surface area contributed by atoms with E-state index in [1.807, 2.05) is 43.3 Å². The van der Waals surface area contributed by atoms with Gasteiger partial charge in [0.2, 0.25) is 5.91 Å². The van der Waals surface area contributed by atoms with E-state index < -0.39 is 0 Å². The van der Waals surface area contributed by atoms with Crippen molar-refractivity contribution in [1.29, 1.82) is 0 Å². The molecular weight excluding hydrogens is 317 g/mol. The highest BCUT2D eigenvalue weighted by Crippen LogP contribution is 2.48. The summed E-state index contributed by atoms with van der Waals surface area (Å²) in [4.78, 5) is 12.7. The van der Waals surface area contributed by atoms with Gasteiger partial charge in [-0.3, -0.25) is 4.79 Å². The van der Waals surface area contributed by atoms with Crippen LogP contribution in [0.1, 0.15) is 36.9 Å². The Balaban J connectivity index is 1.77. The first-order valence-corrected chi connectivity index (χ1v) is 8.10. The Labute approximate surface area is 140 Å². The van der Waals surface area contributed by atoms with Crippen molar-refractivity contribution in [3.8, 4) is 0 Å². The number of nitrogens with one attached hydrogen (secondary N) is 1.